The molecule has 168 valence electrons. The van der Waals surface area contributed by atoms with Crippen LogP contribution in [0.1, 0.15) is 38.8 Å². The highest BCUT2D eigenvalue weighted by Crippen LogP contribution is 2.45. The molecule has 0 saturated carbocycles. The van der Waals surface area contributed by atoms with E-state index in [-0.39, 0.29) is 31.2 Å². The summed E-state index contributed by atoms with van der Waals surface area (Å²) in [4.78, 5) is 50.9. The Morgan fingerprint density at radius 3 is 2.03 bits per heavy atom. The van der Waals surface area contributed by atoms with E-state index in [1.165, 1.54) is 6.92 Å². The van der Waals surface area contributed by atoms with Gasteiger partial charge in [0.2, 0.25) is 0 Å². The Balaban J connectivity index is 1.72. The number of aryl methyl sites for hydroxylation is 1. The monoisotopic (exact) mass is 516 g/mol. The van der Waals surface area contributed by atoms with E-state index in [0.29, 0.717) is 10.6 Å². The zero-order chi connectivity index (χ0) is 23.9. The van der Waals surface area contributed by atoms with E-state index >= 15 is 0 Å². The van der Waals surface area contributed by atoms with Crippen LogP contribution in [0.4, 0.5) is 5.69 Å². The quantitative estimate of drug-likeness (QED) is 0.258. The molecule has 3 rings (SSSR count). The number of nitrogens with one attached hydrogen (secondary N) is 1. The van der Waals surface area contributed by atoms with Gasteiger partial charge in [0.15, 0.2) is 6.61 Å². The van der Waals surface area contributed by atoms with Crippen molar-refractivity contribution in [3.8, 4) is 0 Å². The van der Waals surface area contributed by atoms with E-state index in [1.807, 2.05) is 19.9 Å². The molecule has 1 aliphatic heterocycles. The molecule has 1 N–H and O–H groups in total. The first-order valence-corrected chi connectivity index (χ1v) is 10.7. The lowest BCUT2D eigenvalue weighted by molar-refractivity contribution is -0.150. The lowest BCUT2D eigenvalue weighted by atomic mass is 10.1. The van der Waals surface area contributed by atoms with E-state index in [4.69, 9.17) is 51.1 Å². The van der Waals surface area contributed by atoms with Gasteiger partial charge in [0, 0.05) is 5.69 Å². The second-order valence-corrected chi connectivity index (χ2v) is 8.58. The summed E-state index contributed by atoms with van der Waals surface area (Å²) in [5, 5.41) is 1.79. The summed E-state index contributed by atoms with van der Waals surface area (Å²) in [5.74, 6) is -3.30. The fourth-order valence-corrected chi connectivity index (χ4v) is 4.17. The van der Waals surface area contributed by atoms with Crippen molar-refractivity contribution in [2.24, 2.45) is 0 Å². The number of fused-ring (bicyclic) bond motifs is 1. The molecule has 0 radical (unpaired) electrons. The molecule has 11 heteroatoms. The molecule has 1 heterocycles. The number of rotatable bonds is 5. The van der Waals surface area contributed by atoms with Crippen molar-refractivity contribution >= 4 is 75.8 Å². The third kappa shape index (κ3) is 4.18. The maximum Gasteiger partial charge on any atom is 0.329 e. The van der Waals surface area contributed by atoms with Crippen LogP contribution >= 0.6 is 46.4 Å². The number of carbonyl (C=O) groups is 4. The van der Waals surface area contributed by atoms with Crippen LogP contribution in [0.3, 0.4) is 0 Å². The smallest absolute Gasteiger partial charge is 0.329 e. The highest BCUT2D eigenvalue weighted by Gasteiger charge is 2.45. The van der Waals surface area contributed by atoms with Crippen molar-refractivity contribution in [2.75, 3.05) is 11.9 Å². The van der Waals surface area contributed by atoms with E-state index in [2.05, 4.69) is 5.32 Å². The number of ether oxygens (including phenoxy) is 1. The van der Waals surface area contributed by atoms with Gasteiger partial charge >= 0.3 is 5.97 Å². The third-order valence-electron chi connectivity index (χ3n) is 5.09. The van der Waals surface area contributed by atoms with Gasteiger partial charge in [-0.25, -0.2) is 4.79 Å². The van der Waals surface area contributed by atoms with Gasteiger partial charge in [0.05, 0.1) is 31.2 Å². The maximum atomic E-state index is 12.8. The molecule has 1 atom stereocenters. The Hall–Kier alpha value is -2.32. The van der Waals surface area contributed by atoms with Gasteiger partial charge in [-0.05, 0) is 38.0 Å². The molecule has 0 saturated heterocycles. The molecule has 1 aliphatic rings. The number of benzene rings is 2. The Morgan fingerprint density at radius 2 is 1.50 bits per heavy atom. The molecule has 32 heavy (non-hydrogen) atoms. The number of esters is 1. The van der Waals surface area contributed by atoms with E-state index in [9.17, 15) is 19.2 Å². The van der Waals surface area contributed by atoms with Crippen LogP contribution in [-0.4, -0.2) is 41.2 Å². The van der Waals surface area contributed by atoms with Crippen LogP contribution in [0.15, 0.2) is 18.2 Å². The van der Waals surface area contributed by atoms with Crippen LogP contribution in [0, 0.1) is 13.8 Å². The Labute approximate surface area is 203 Å². The zero-order valence-corrected chi connectivity index (χ0v) is 20.0. The SMILES string of the molecule is Cc1cccc(NC(=O)COC(=O)[C@H](C)N2C(=O)c3c(Cl)c(Cl)c(Cl)c(Cl)c3C2=O)c1C. The molecule has 0 bridgehead atoms. The van der Waals surface area contributed by atoms with E-state index in [1.54, 1.807) is 12.1 Å². The Kier molecular flexibility index (Phi) is 7.05. The maximum absolute atomic E-state index is 12.8. The molecular weight excluding hydrogens is 502 g/mol. The van der Waals surface area contributed by atoms with E-state index < -0.39 is 36.3 Å². The van der Waals surface area contributed by atoms with Crippen molar-refractivity contribution in [1.82, 2.24) is 4.90 Å². The average molecular weight is 518 g/mol. The number of hydrogen-bond donors (Lipinski definition) is 1. The summed E-state index contributed by atoms with van der Waals surface area (Å²) < 4.78 is 5.01. The number of imide groups is 1. The fourth-order valence-electron chi connectivity index (χ4n) is 3.15. The minimum absolute atomic E-state index is 0.182. The summed E-state index contributed by atoms with van der Waals surface area (Å²) in [6, 6.07) is 4.03. The molecule has 0 aromatic heterocycles. The van der Waals surface area contributed by atoms with Gasteiger partial charge < -0.3 is 10.1 Å². The molecular formula is C21H16Cl4N2O5. The topological polar surface area (TPSA) is 92.8 Å². The van der Waals surface area contributed by atoms with Gasteiger partial charge in [0.25, 0.3) is 17.7 Å². The lowest BCUT2D eigenvalue weighted by Gasteiger charge is -2.21. The summed E-state index contributed by atoms with van der Waals surface area (Å²) in [5.41, 5.74) is 1.94. The molecule has 0 fully saturated rings. The molecule has 0 spiro atoms. The largest absolute Gasteiger partial charge is 0.454 e. The molecule has 2 aromatic rings. The number of halogens is 4. The Bertz CT molecular complexity index is 1130. The first-order chi connectivity index (χ1) is 15.0. The van der Waals surface area contributed by atoms with Crippen LogP contribution in [0.5, 0.6) is 0 Å². The summed E-state index contributed by atoms with van der Waals surface area (Å²) in [6.07, 6.45) is 0. The van der Waals surface area contributed by atoms with Crippen molar-refractivity contribution in [3.63, 3.8) is 0 Å². The van der Waals surface area contributed by atoms with Gasteiger partial charge in [-0.15, -0.1) is 0 Å². The minimum atomic E-state index is -1.36. The zero-order valence-electron chi connectivity index (χ0n) is 17.0. The molecule has 2 aromatic carbocycles. The Morgan fingerprint density at radius 1 is 0.969 bits per heavy atom. The fraction of sp³-hybridized carbons (Fsp3) is 0.238. The molecule has 7 nitrogen and oxygen atoms in total. The van der Waals surface area contributed by atoms with Gasteiger partial charge in [-0.1, -0.05) is 58.5 Å². The third-order valence-corrected chi connectivity index (χ3v) is 6.89. The first-order valence-electron chi connectivity index (χ1n) is 9.23. The number of nitrogens with zero attached hydrogens (tertiary/aromatic N) is 1. The first kappa shape index (κ1) is 24.3. The van der Waals surface area contributed by atoms with E-state index in [0.717, 1.165) is 11.1 Å². The second-order valence-electron chi connectivity index (χ2n) is 7.07. The molecule has 0 unspecified atom stereocenters. The second kappa shape index (κ2) is 9.27. The van der Waals surface area contributed by atoms with Gasteiger partial charge in [0.1, 0.15) is 6.04 Å². The van der Waals surface area contributed by atoms with Crippen molar-refractivity contribution in [1.29, 1.82) is 0 Å². The number of hydrogen-bond acceptors (Lipinski definition) is 5. The number of amides is 3. The standard InChI is InChI=1S/C21H16Cl4N2O5/c1-8-5-4-6-11(9(8)2)26-12(28)7-32-21(31)10(3)27-19(29)13-14(20(27)30)16(23)18(25)17(24)15(13)22/h4-6,10H,7H2,1-3H3,(H,26,28)/t10-/m0/s1. The summed E-state index contributed by atoms with van der Waals surface area (Å²) in [6.45, 7) is 4.40. The number of anilines is 1. The molecule has 3 amide bonds. The van der Waals surface area contributed by atoms with Crippen molar-refractivity contribution < 1.29 is 23.9 Å². The summed E-state index contributed by atoms with van der Waals surface area (Å²) in [7, 11) is 0. The molecule has 0 aliphatic carbocycles. The predicted octanol–water partition coefficient (Wildman–Crippen LogP) is 5.08. The van der Waals surface area contributed by atoms with Crippen LogP contribution in [-0.2, 0) is 14.3 Å². The van der Waals surface area contributed by atoms with Crippen molar-refractivity contribution in [3.05, 3.63) is 60.5 Å². The lowest BCUT2D eigenvalue weighted by Crippen LogP contribution is -2.44. The minimum Gasteiger partial charge on any atom is -0.454 e. The highest BCUT2D eigenvalue weighted by atomic mass is 35.5. The van der Waals surface area contributed by atoms with Crippen LogP contribution in [0.2, 0.25) is 20.1 Å². The van der Waals surface area contributed by atoms with Gasteiger partial charge in [-0.3, -0.25) is 19.3 Å². The average Bonchev–Trinajstić information content (AvgIpc) is 3.01. The van der Waals surface area contributed by atoms with Crippen LogP contribution in [0.25, 0.3) is 0 Å². The highest BCUT2D eigenvalue weighted by molar-refractivity contribution is 6.55. The normalized spacial score (nSPS) is 13.8. The predicted molar refractivity (Wildman–Crippen MR) is 122 cm³/mol. The van der Waals surface area contributed by atoms with Gasteiger partial charge in [-0.2, -0.15) is 0 Å². The summed E-state index contributed by atoms with van der Waals surface area (Å²) >= 11 is 24.1. The van der Waals surface area contributed by atoms with Crippen molar-refractivity contribution in [2.45, 2.75) is 26.8 Å². The number of carbonyl (C=O) groups excluding carboxylic acids is 4. The van der Waals surface area contributed by atoms with Crippen LogP contribution < -0.4 is 5.32 Å².